The van der Waals surface area contributed by atoms with Crippen molar-refractivity contribution in [1.82, 2.24) is 0 Å². The lowest BCUT2D eigenvalue weighted by Crippen LogP contribution is -1.98. The minimum Gasteiger partial charge on any atom is -0.206 e. The molecule has 0 N–H and O–H groups in total. The van der Waals surface area contributed by atoms with Crippen LogP contribution in [0.2, 0.25) is 5.02 Å². The molecule has 0 nitrogen and oxygen atoms in total. The minimum atomic E-state index is -0.257. The van der Waals surface area contributed by atoms with Gasteiger partial charge in [-0.05, 0) is 51.3 Å². The molecule has 0 aliphatic heterocycles. The highest BCUT2D eigenvalue weighted by Gasteiger charge is 2.13. The Morgan fingerprint density at radius 1 is 1.11 bits per heavy atom. The Balaban J connectivity index is 2.41. The molecule has 1 unspecified atom stereocenters. The number of hydrogen-bond donors (Lipinski definition) is 0. The van der Waals surface area contributed by atoms with Crippen molar-refractivity contribution in [2.24, 2.45) is 0 Å². The summed E-state index contributed by atoms with van der Waals surface area (Å²) < 4.78 is 14.9. The third kappa shape index (κ3) is 2.95. The third-order valence-electron chi connectivity index (χ3n) is 2.87. The summed E-state index contributed by atoms with van der Waals surface area (Å²) in [6.45, 7) is 2.01. The van der Waals surface area contributed by atoms with E-state index >= 15 is 0 Å². The number of rotatable bonds is 2. The van der Waals surface area contributed by atoms with Crippen molar-refractivity contribution in [3.05, 3.63) is 67.3 Å². The molecule has 0 amide bonds. The summed E-state index contributed by atoms with van der Waals surface area (Å²) in [5.41, 5.74) is 1.89. The lowest BCUT2D eigenvalue weighted by molar-refractivity contribution is 0.617. The lowest BCUT2D eigenvalue weighted by Gasteiger charge is -2.15. The molecule has 0 fully saturated rings. The smallest absolute Gasteiger partial charge is 0.137 e. The van der Waals surface area contributed by atoms with Crippen LogP contribution < -0.4 is 0 Å². The van der Waals surface area contributed by atoms with E-state index in [1.165, 1.54) is 6.07 Å². The molecule has 0 radical (unpaired) electrons. The second-order valence-electron chi connectivity index (χ2n) is 4.06. The topological polar surface area (TPSA) is 0 Å². The molecule has 2 rings (SSSR count). The quantitative estimate of drug-likeness (QED) is 0.574. The van der Waals surface area contributed by atoms with Gasteiger partial charge in [0.05, 0.1) is 4.47 Å². The Labute approximate surface area is 127 Å². The average molecular weight is 392 g/mol. The van der Waals surface area contributed by atoms with E-state index in [1.54, 1.807) is 6.07 Å². The van der Waals surface area contributed by atoms with Gasteiger partial charge in [0, 0.05) is 15.4 Å². The maximum absolute atomic E-state index is 13.5. The lowest BCUT2D eigenvalue weighted by atomic mass is 9.93. The molecular weight excluding hydrogens is 382 g/mol. The van der Waals surface area contributed by atoms with Gasteiger partial charge >= 0.3 is 0 Å². The zero-order valence-corrected chi connectivity index (χ0v) is 13.5. The number of hydrogen-bond acceptors (Lipinski definition) is 0. The van der Waals surface area contributed by atoms with Crippen LogP contribution in [-0.4, -0.2) is 0 Å². The zero-order chi connectivity index (χ0) is 13.3. The summed E-state index contributed by atoms with van der Waals surface area (Å²) in [6.07, 6.45) is 0. The van der Waals surface area contributed by atoms with Crippen LogP contribution in [0.5, 0.6) is 0 Å². The first-order valence-electron chi connectivity index (χ1n) is 5.39. The van der Waals surface area contributed by atoms with Gasteiger partial charge in [-0.3, -0.25) is 0 Å². The van der Waals surface area contributed by atoms with Crippen molar-refractivity contribution in [3.8, 4) is 0 Å². The molecule has 0 saturated heterocycles. The van der Waals surface area contributed by atoms with E-state index in [9.17, 15) is 4.39 Å². The first kappa shape index (κ1) is 14.0. The van der Waals surface area contributed by atoms with Gasteiger partial charge in [-0.15, -0.1) is 0 Å². The Hall–Kier alpha value is -0.380. The molecule has 0 spiro atoms. The summed E-state index contributed by atoms with van der Waals surface area (Å²) >= 11 is 12.7. The van der Waals surface area contributed by atoms with Gasteiger partial charge in [-0.25, -0.2) is 4.39 Å². The second kappa shape index (κ2) is 5.72. The van der Waals surface area contributed by atoms with Crippen molar-refractivity contribution in [2.75, 3.05) is 0 Å². The summed E-state index contributed by atoms with van der Waals surface area (Å²) in [4.78, 5) is 0. The van der Waals surface area contributed by atoms with Crippen LogP contribution in [0.1, 0.15) is 24.0 Å². The van der Waals surface area contributed by atoms with Gasteiger partial charge in [0.2, 0.25) is 0 Å². The Bertz CT molecular complexity index is 584. The maximum Gasteiger partial charge on any atom is 0.137 e. The van der Waals surface area contributed by atoms with Crippen LogP contribution >= 0.6 is 43.5 Å². The normalized spacial score (nSPS) is 12.5. The van der Waals surface area contributed by atoms with E-state index in [2.05, 4.69) is 31.9 Å². The highest BCUT2D eigenvalue weighted by Crippen LogP contribution is 2.33. The van der Waals surface area contributed by atoms with Crippen LogP contribution in [0, 0.1) is 5.82 Å². The Kier molecular flexibility index (Phi) is 4.46. The standard InChI is InChI=1S/C14H10Br2ClF/c1-8(9-2-5-12(16)14(18)6-9)11-4-3-10(15)7-13(11)17/h2-8H,1H3. The fourth-order valence-electron chi connectivity index (χ4n) is 1.81. The fraction of sp³-hybridized carbons (Fsp3) is 0.143. The van der Waals surface area contributed by atoms with Crippen molar-refractivity contribution in [2.45, 2.75) is 12.8 Å². The van der Waals surface area contributed by atoms with Crippen molar-refractivity contribution >= 4 is 43.5 Å². The Morgan fingerprint density at radius 2 is 1.83 bits per heavy atom. The summed E-state index contributed by atoms with van der Waals surface area (Å²) in [6, 6.07) is 10.9. The van der Waals surface area contributed by atoms with Gasteiger partial charge in [0.25, 0.3) is 0 Å². The number of halogens is 4. The maximum atomic E-state index is 13.5. The predicted octanol–water partition coefficient (Wildman–Crippen LogP) is 6.16. The molecule has 0 saturated carbocycles. The summed E-state index contributed by atoms with van der Waals surface area (Å²) in [5, 5.41) is 0.681. The molecule has 4 heteroatoms. The predicted molar refractivity (Wildman–Crippen MR) is 80.8 cm³/mol. The Morgan fingerprint density at radius 3 is 2.44 bits per heavy atom. The van der Waals surface area contributed by atoms with Gasteiger partial charge < -0.3 is 0 Å². The number of benzene rings is 2. The average Bonchev–Trinajstić information content (AvgIpc) is 2.32. The highest BCUT2D eigenvalue weighted by atomic mass is 79.9. The zero-order valence-electron chi connectivity index (χ0n) is 9.55. The van der Waals surface area contributed by atoms with Gasteiger partial charge in [-0.1, -0.05) is 46.6 Å². The van der Waals surface area contributed by atoms with Gasteiger partial charge in [-0.2, -0.15) is 0 Å². The van der Waals surface area contributed by atoms with Crippen molar-refractivity contribution in [1.29, 1.82) is 0 Å². The molecule has 0 aliphatic rings. The van der Waals surface area contributed by atoms with E-state index in [0.29, 0.717) is 9.50 Å². The van der Waals surface area contributed by atoms with Crippen LogP contribution in [0.25, 0.3) is 0 Å². The van der Waals surface area contributed by atoms with Crippen LogP contribution in [0.4, 0.5) is 4.39 Å². The fourth-order valence-corrected chi connectivity index (χ4v) is 2.90. The van der Waals surface area contributed by atoms with Crippen LogP contribution in [0.15, 0.2) is 45.3 Å². The molecule has 18 heavy (non-hydrogen) atoms. The molecule has 0 heterocycles. The largest absolute Gasteiger partial charge is 0.206 e. The molecule has 0 bridgehead atoms. The third-order valence-corrected chi connectivity index (χ3v) is 4.34. The van der Waals surface area contributed by atoms with Crippen LogP contribution in [0.3, 0.4) is 0 Å². The molecule has 0 aromatic heterocycles. The molecule has 2 aromatic carbocycles. The van der Waals surface area contributed by atoms with E-state index < -0.39 is 0 Å². The van der Waals surface area contributed by atoms with E-state index in [4.69, 9.17) is 11.6 Å². The monoisotopic (exact) mass is 390 g/mol. The van der Waals surface area contributed by atoms with E-state index in [1.807, 2.05) is 31.2 Å². The van der Waals surface area contributed by atoms with Gasteiger partial charge in [0.1, 0.15) is 5.82 Å². The minimum absolute atomic E-state index is 0.0493. The highest BCUT2D eigenvalue weighted by molar-refractivity contribution is 9.10. The molecular formula is C14H10Br2ClF. The van der Waals surface area contributed by atoms with Crippen LogP contribution in [-0.2, 0) is 0 Å². The molecule has 1 atom stereocenters. The van der Waals surface area contributed by atoms with Crippen molar-refractivity contribution < 1.29 is 4.39 Å². The van der Waals surface area contributed by atoms with E-state index in [0.717, 1.165) is 15.6 Å². The SMILES string of the molecule is CC(c1ccc(Br)c(F)c1)c1ccc(Br)cc1Cl. The molecule has 0 aliphatic carbocycles. The summed E-state index contributed by atoms with van der Waals surface area (Å²) in [7, 11) is 0. The van der Waals surface area contributed by atoms with E-state index in [-0.39, 0.29) is 11.7 Å². The second-order valence-corrected chi connectivity index (χ2v) is 6.24. The van der Waals surface area contributed by atoms with Crippen molar-refractivity contribution in [3.63, 3.8) is 0 Å². The first-order valence-corrected chi connectivity index (χ1v) is 7.35. The van der Waals surface area contributed by atoms with Gasteiger partial charge in [0.15, 0.2) is 0 Å². The first-order chi connectivity index (χ1) is 8.49. The summed E-state index contributed by atoms with van der Waals surface area (Å²) in [5.74, 6) is -0.208. The molecule has 2 aromatic rings. The molecule has 94 valence electrons.